The Bertz CT molecular complexity index is 213. The molecule has 1 amide bonds. The number of hydrogen-bond acceptors (Lipinski definition) is 4. The van der Waals surface area contributed by atoms with Gasteiger partial charge in [-0.2, -0.15) is 0 Å². The highest BCUT2D eigenvalue weighted by Gasteiger charge is 2.20. The largest absolute Gasteiger partial charge is 0.459 e. The van der Waals surface area contributed by atoms with Crippen molar-refractivity contribution in [3.05, 3.63) is 0 Å². The number of ether oxygens (including phenoxy) is 2. The minimum absolute atomic E-state index is 0.194. The summed E-state index contributed by atoms with van der Waals surface area (Å²) < 4.78 is 9.57. The van der Waals surface area contributed by atoms with Crippen LogP contribution in [-0.2, 0) is 19.1 Å². The summed E-state index contributed by atoms with van der Waals surface area (Å²) in [6, 6.07) is 0. The van der Waals surface area contributed by atoms with Gasteiger partial charge in [-0.1, -0.05) is 0 Å². The molecule has 5 heteroatoms. The van der Waals surface area contributed by atoms with Crippen LogP contribution in [0.1, 0.15) is 20.8 Å². The number of esters is 1. The maximum absolute atomic E-state index is 11.1. The average Bonchev–Trinajstić information content (AvgIpc) is 2.15. The van der Waals surface area contributed by atoms with E-state index in [2.05, 4.69) is 10.1 Å². The van der Waals surface area contributed by atoms with E-state index < -0.39 is 17.5 Å². The lowest BCUT2D eigenvalue weighted by Gasteiger charge is -2.22. The molecule has 0 fully saturated rings. The summed E-state index contributed by atoms with van der Waals surface area (Å²) in [6.07, 6.45) is 0. The van der Waals surface area contributed by atoms with E-state index in [0.29, 0.717) is 0 Å². The lowest BCUT2D eigenvalue weighted by Crippen LogP contribution is -2.42. The zero-order valence-electron chi connectivity index (χ0n) is 9.05. The Labute approximate surface area is 83.8 Å². The molecule has 1 N–H and O–H groups in total. The van der Waals surface area contributed by atoms with Gasteiger partial charge in [-0.15, -0.1) is 0 Å². The first kappa shape index (κ1) is 12.9. The third-order valence-corrected chi connectivity index (χ3v) is 1.69. The molecule has 5 nitrogen and oxygen atoms in total. The number of nitrogens with one attached hydrogen (secondary N) is 1. The molecule has 14 heavy (non-hydrogen) atoms. The van der Waals surface area contributed by atoms with Crippen molar-refractivity contribution in [1.82, 2.24) is 5.32 Å². The molecule has 0 heterocycles. The van der Waals surface area contributed by atoms with Crippen LogP contribution in [0.3, 0.4) is 0 Å². The van der Waals surface area contributed by atoms with Gasteiger partial charge < -0.3 is 14.8 Å². The highest BCUT2D eigenvalue weighted by atomic mass is 16.5. The van der Waals surface area contributed by atoms with Gasteiger partial charge in [0, 0.05) is 13.7 Å². The Morgan fingerprint density at radius 2 is 1.93 bits per heavy atom. The number of amides is 1. The van der Waals surface area contributed by atoms with E-state index >= 15 is 0 Å². The first-order valence-corrected chi connectivity index (χ1v) is 4.43. The highest BCUT2D eigenvalue weighted by molar-refractivity contribution is 6.32. The molecule has 0 bridgehead atoms. The molecule has 0 aromatic carbocycles. The first-order chi connectivity index (χ1) is 6.43. The number of carbonyl (C=O) groups excluding carboxylic acids is 2. The van der Waals surface area contributed by atoms with E-state index in [1.165, 1.54) is 7.11 Å². The van der Waals surface area contributed by atoms with Gasteiger partial charge in [0.15, 0.2) is 0 Å². The van der Waals surface area contributed by atoms with Gasteiger partial charge in [0.1, 0.15) is 0 Å². The molecule has 0 saturated heterocycles. The van der Waals surface area contributed by atoms with Crippen molar-refractivity contribution in [2.45, 2.75) is 26.4 Å². The van der Waals surface area contributed by atoms with Crippen LogP contribution in [0.5, 0.6) is 0 Å². The monoisotopic (exact) mass is 203 g/mol. The maximum atomic E-state index is 11.1. The van der Waals surface area contributed by atoms with Gasteiger partial charge in [0.2, 0.25) is 0 Å². The lowest BCUT2D eigenvalue weighted by atomic mass is 10.1. The fourth-order valence-corrected chi connectivity index (χ4v) is 0.634. The van der Waals surface area contributed by atoms with Gasteiger partial charge in [-0.3, -0.25) is 4.79 Å². The van der Waals surface area contributed by atoms with Crippen LogP contribution >= 0.6 is 0 Å². The third-order valence-electron chi connectivity index (χ3n) is 1.69. The second-order valence-corrected chi connectivity index (χ2v) is 3.37. The summed E-state index contributed by atoms with van der Waals surface area (Å²) in [6.45, 7) is 5.71. The Hall–Kier alpha value is -1.10. The Morgan fingerprint density at radius 3 is 2.36 bits per heavy atom. The molecule has 0 spiro atoms. The molecule has 0 rings (SSSR count). The summed E-state index contributed by atoms with van der Waals surface area (Å²) in [7, 11) is 1.54. The predicted molar refractivity (Wildman–Crippen MR) is 50.7 cm³/mol. The zero-order chi connectivity index (χ0) is 11.2. The van der Waals surface area contributed by atoms with Crippen LogP contribution in [0.15, 0.2) is 0 Å². The summed E-state index contributed by atoms with van der Waals surface area (Å²) in [4.78, 5) is 21.9. The lowest BCUT2D eigenvalue weighted by molar-refractivity contribution is -0.155. The summed E-state index contributed by atoms with van der Waals surface area (Å²) in [5.41, 5.74) is -0.484. The van der Waals surface area contributed by atoms with Gasteiger partial charge in [-0.25, -0.2) is 4.79 Å². The third kappa shape index (κ3) is 4.81. The van der Waals surface area contributed by atoms with Crippen LogP contribution in [0.25, 0.3) is 0 Å². The second kappa shape index (κ2) is 5.59. The maximum Gasteiger partial charge on any atom is 0.396 e. The SMILES string of the molecule is CCOC(=O)C(=O)NCC(C)(C)OC. The number of rotatable bonds is 4. The Balaban J connectivity index is 3.91. The van der Waals surface area contributed by atoms with Gasteiger partial charge in [0.05, 0.1) is 12.2 Å². The van der Waals surface area contributed by atoms with Crippen molar-refractivity contribution in [1.29, 1.82) is 0 Å². The average molecular weight is 203 g/mol. The van der Waals surface area contributed by atoms with Crippen LogP contribution in [0.4, 0.5) is 0 Å². The van der Waals surface area contributed by atoms with Crippen LogP contribution in [0, 0.1) is 0 Å². The molecule has 82 valence electrons. The quantitative estimate of drug-likeness (QED) is 0.519. The smallest absolute Gasteiger partial charge is 0.396 e. The molecule has 0 radical (unpaired) electrons. The molecule has 0 atom stereocenters. The van der Waals surface area contributed by atoms with E-state index in [4.69, 9.17) is 4.74 Å². The van der Waals surface area contributed by atoms with Crippen molar-refractivity contribution >= 4 is 11.9 Å². The molecule has 0 aliphatic rings. The van der Waals surface area contributed by atoms with Crippen LogP contribution in [0.2, 0.25) is 0 Å². The Kier molecular flexibility index (Phi) is 5.15. The van der Waals surface area contributed by atoms with E-state index in [-0.39, 0.29) is 13.2 Å². The highest BCUT2D eigenvalue weighted by Crippen LogP contribution is 2.04. The molecular formula is C9H17NO4. The fraction of sp³-hybridized carbons (Fsp3) is 0.778. The van der Waals surface area contributed by atoms with Gasteiger partial charge in [-0.05, 0) is 20.8 Å². The molecular weight excluding hydrogens is 186 g/mol. The number of carbonyl (C=O) groups is 2. The van der Waals surface area contributed by atoms with Crippen molar-refractivity contribution in [3.8, 4) is 0 Å². The first-order valence-electron chi connectivity index (χ1n) is 4.43. The molecule has 0 unspecified atom stereocenters. The van der Waals surface area contributed by atoms with E-state index in [1.807, 2.05) is 0 Å². The topological polar surface area (TPSA) is 64.6 Å². The van der Waals surface area contributed by atoms with Crippen LogP contribution < -0.4 is 5.32 Å². The number of methoxy groups -OCH3 is 1. The standard InChI is InChI=1S/C9H17NO4/c1-5-14-8(12)7(11)10-6-9(2,3)13-4/h5-6H2,1-4H3,(H,10,11). The molecule has 0 aliphatic heterocycles. The number of hydrogen-bond donors (Lipinski definition) is 1. The molecule has 0 aromatic heterocycles. The van der Waals surface area contributed by atoms with Gasteiger partial charge in [0.25, 0.3) is 0 Å². The van der Waals surface area contributed by atoms with Crippen molar-refractivity contribution in [2.75, 3.05) is 20.3 Å². The van der Waals surface area contributed by atoms with Crippen molar-refractivity contribution in [3.63, 3.8) is 0 Å². The summed E-state index contributed by atoms with van der Waals surface area (Å²) >= 11 is 0. The van der Waals surface area contributed by atoms with Gasteiger partial charge >= 0.3 is 11.9 Å². The van der Waals surface area contributed by atoms with Crippen molar-refractivity contribution < 1.29 is 19.1 Å². The van der Waals surface area contributed by atoms with Crippen LogP contribution in [-0.4, -0.2) is 37.7 Å². The molecule has 0 aliphatic carbocycles. The van der Waals surface area contributed by atoms with Crippen molar-refractivity contribution in [2.24, 2.45) is 0 Å². The summed E-state index contributed by atoms with van der Waals surface area (Å²) in [5, 5.41) is 2.42. The zero-order valence-corrected chi connectivity index (χ0v) is 9.05. The van der Waals surface area contributed by atoms with E-state index in [0.717, 1.165) is 0 Å². The fourth-order valence-electron chi connectivity index (χ4n) is 0.634. The predicted octanol–water partition coefficient (Wildman–Crippen LogP) is 0.0907. The van der Waals surface area contributed by atoms with E-state index in [1.54, 1.807) is 20.8 Å². The minimum Gasteiger partial charge on any atom is -0.459 e. The molecule has 0 saturated carbocycles. The normalized spacial score (nSPS) is 10.9. The molecule has 0 aromatic rings. The summed E-state index contributed by atoms with van der Waals surface area (Å²) in [5.74, 6) is -1.60. The second-order valence-electron chi connectivity index (χ2n) is 3.37. The minimum atomic E-state index is -0.862. The Morgan fingerprint density at radius 1 is 1.36 bits per heavy atom. The van der Waals surface area contributed by atoms with E-state index in [9.17, 15) is 9.59 Å².